The molecule has 0 bridgehead atoms. The van der Waals surface area contributed by atoms with Crippen molar-refractivity contribution in [2.24, 2.45) is 0 Å². The molecule has 0 radical (unpaired) electrons. The molecule has 2 N–H and O–H groups in total. The van der Waals surface area contributed by atoms with E-state index in [9.17, 15) is 13.2 Å². The number of ether oxygens (including phenoxy) is 2. The van der Waals surface area contributed by atoms with Crippen LogP contribution in [-0.4, -0.2) is 27.5 Å². The Morgan fingerprint density at radius 3 is 2.00 bits per heavy atom. The van der Waals surface area contributed by atoms with Crippen LogP contribution < -0.4 is 19.5 Å². The number of sulfonamides is 1. The Balaban J connectivity index is 1.65. The molecule has 0 saturated carbocycles. The van der Waals surface area contributed by atoms with E-state index < -0.39 is 16.1 Å². The molecule has 1 atom stereocenters. The van der Waals surface area contributed by atoms with Gasteiger partial charge in [-0.3, -0.25) is 9.52 Å². The highest BCUT2D eigenvalue weighted by Gasteiger charge is 2.16. The van der Waals surface area contributed by atoms with Gasteiger partial charge in [0.2, 0.25) is 0 Å². The second-order valence-electron chi connectivity index (χ2n) is 6.39. The van der Waals surface area contributed by atoms with Crippen molar-refractivity contribution < 1.29 is 22.7 Å². The van der Waals surface area contributed by atoms with Gasteiger partial charge in [-0.15, -0.1) is 0 Å². The summed E-state index contributed by atoms with van der Waals surface area (Å²) in [4.78, 5) is 11.6. The van der Waals surface area contributed by atoms with Gasteiger partial charge >= 0.3 is 0 Å². The molecule has 0 aliphatic rings. The fourth-order valence-electron chi connectivity index (χ4n) is 2.59. The van der Waals surface area contributed by atoms with Crippen LogP contribution in [0.2, 0.25) is 0 Å². The van der Waals surface area contributed by atoms with Crippen molar-refractivity contribution in [1.82, 2.24) is 5.32 Å². The number of likely N-dealkylation sites (N-methyl/N-ethyl adjacent to an activating group) is 1. The van der Waals surface area contributed by atoms with E-state index in [-0.39, 0.29) is 10.8 Å². The second-order valence-corrected chi connectivity index (χ2v) is 8.07. The summed E-state index contributed by atoms with van der Waals surface area (Å²) in [5, 5.41) is 2.49. The molecule has 1 amide bonds. The first-order chi connectivity index (χ1) is 14.4. The minimum atomic E-state index is -3.78. The molecule has 7 nitrogen and oxygen atoms in total. The van der Waals surface area contributed by atoms with Gasteiger partial charge in [0.1, 0.15) is 17.2 Å². The summed E-state index contributed by atoms with van der Waals surface area (Å²) < 4.78 is 38.9. The van der Waals surface area contributed by atoms with E-state index in [0.29, 0.717) is 22.9 Å². The second kappa shape index (κ2) is 9.32. The number of para-hydroxylation sites is 1. The third-order valence-electron chi connectivity index (χ3n) is 4.15. The summed E-state index contributed by atoms with van der Waals surface area (Å²) in [6, 6.07) is 21.8. The molecule has 0 spiro atoms. The van der Waals surface area contributed by atoms with Gasteiger partial charge in [0.15, 0.2) is 6.10 Å². The highest BCUT2D eigenvalue weighted by Crippen LogP contribution is 2.24. The van der Waals surface area contributed by atoms with Gasteiger partial charge in [-0.25, -0.2) is 8.42 Å². The molecule has 3 aromatic carbocycles. The number of nitrogens with one attached hydrogen (secondary N) is 2. The maximum Gasteiger partial charge on any atom is 0.261 e. The first-order valence-corrected chi connectivity index (χ1v) is 10.7. The van der Waals surface area contributed by atoms with E-state index in [1.807, 2.05) is 30.3 Å². The number of carbonyl (C=O) groups is 1. The number of rotatable bonds is 8. The third-order valence-corrected chi connectivity index (χ3v) is 5.55. The zero-order valence-corrected chi connectivity index (χ0v) is 17.3. The number of hydrogen-bond donors (Lipinski definition) is 2. The summed E-state index contributed by atoms with van der Waals surface area (Å²) in [5.74, 6) is 1.41. The van der Waals surface area contributed by atoms with Gasteiger partial charge in [0.05, 0.1) is 4.90 Å². The molecule has 0 heterocycles. The molecule has 3 rings (SSSR count). The quantitative estimate of drug-likeness (QED) is 0.572. The Morgan fingerprint density at radius 1 is 0.833 bits per heavy atom. The van der Waals surface area contributed by atoms with Crippen molar-refractivity contribution in [3.8, 4) is 17.2 Å². The third kappa shape index (κ3) is 5.51. The number of benzene rings is 3. The Labute approximate surface area is 175 Å². The molecule has 0 saturated heterocycles. The van der Waals surface area contributed by atoms with E-state index in [1.165, 1.54) is 31.3 Å². The summed E-state index contributed by atoms with van der Waals surface area (Å²) in [6.07, 6.45) is -0.688. The molecule has 0 unspecified atom stereocenters. The van der Waals surface area contributed by atoms with E-state index in [2.05, 4.69) is 10.0 Å². The average Bonchev–Trinajstić information content (AvgIpc) is 2.75. The van der Waals surface area contributed by atoms with Crippen LogP contribution >= 0.6 is 0 Å². The minimum absolute atomic E-state index is 0.0760. The van der Waals surface area contributed by atoms with Crippen LogP contribution in [0.15, 0.2) is 83.8 Å². The largest absolute Gasteiger partial charge is 0.481 e. The van der Waals surface area contributed by atoms with Gasteiger partial charge in [-0.2, -0.15) is 0 Å². The fraction of sp³-hybridized carbons (Fsp3) is 0.136. The van der Waals surface area contributed by atoms with Crippen molar-refractivity contribution in [2.75, 3.05) is 11.8 Å². The van der Waals surface area contributed by atoms with Crippen molar-refractivity contribution in [2.45, 2.75) is 17.9 Å². The van der Waals surface area contributed by atoms with Crippen LogP contribution in [-0.2, 0) is 14.8 Å². The van der Waals surface area contributed by atoms with Crippen LogP contribution in [0.4, 0.5) is 5.69 Å². The fourth-order valence-corrected chi connectivity index (χ4v) is 3.65. The lowest BCUT2D eigenvalue weighted by molar-refractivity contribution is -0.126. The monoisotopic (exact) mass is 426 g/mol. The van der Waals surface area contributed by atoms with E-state index in [0.717, 1.165) is 0 Å². The van der Waals surface area contributed by atoms with Crippen LogP contribution in [0.5, 0.6) is 17.2 Å². The number of hydrogen-bond acceptors (Lipinski definition) is 5. The molecular formula is C22H22N2O5S. The van der Waals surface area contributed by atoms with Gasteiger partial charge in [-0.1, -0.05) is 18.2 Å². The summed E-state index contributed by atoms with van der Waals surface area (Å²) in [6.45, 7) is 1.61. The molecular weight excluding hydrogens is 404 g/mol. The van der Waals surface area contributed by atoms with Crippen LogP contribution in [0.25, 0.3) is 0 Å². The SMILES string of the molecule is CNC(=O)[C@H](C)Oc1ccc(S(=O)(=O)Nc2ccc(Oc3ccccc3)cc2)cc1. The van der Waals surface area contributed by atoms with E-state index >= 15 is 0 Å². The van der Waals surface area contributed by atoms with Crippen LogP contribution in [0, 0.1) is 0 Å². The Bertz CT molecular complexity index is 1080. The lowest BCUT2D eigenvalue weighted by Crippen LogP contribution is -2.33. The zero-order valence-electron chi connectivity index (χ0n) is 16.5. The van der Waals surface area contributed by atoms with Crippen molar-refractivity contribution >= 4 is 21.6 Å². The smallest absolute Gasteiger partial charge is 0.261 e. The predicted octanol–water partition coefficient (Wildman–Crippen LogP) is 3.79. The van der Waals surface area contributed by atoms with Crippen LogP contribution in [0.1, 0.15) is 6.92 Å². The molecule has 156 valence electrons. The summed E-state index contributed by atoms with van der Waals surface area (Å²) in [7, 11) is -2.26. The number of carbonyl (C=O) groups excluding carboxylic acids is 1. The molecule has 0 aliphatic heterocycles. The Hall–Kier alpha value is -3.52. The van der Waals surface area contributed by atoms with Crippen LogP contribution in [0.3, 0.4) is 0 Å². The molecule has 0 aliphatic carbocycles. The highest BCUT2D eigenvalue weighted by molar-refractivity contribution is 7.92. The van der Waals surface area contributed by atoms with Crippen molar-refractivity contribution in [3.63, 3.8) is 0 Å². The topological polar surface area (TPSA) is 93.7 Å². The average molecular weight is 426 g/mol. The highest BCUT2D eigenvalue weighted by atomic mass is 32.2. The molecule has 3 aromatic rings. The Morgan fingerprint density at radius 2 is 1.40 bits per heavy atom. The normalized spacial score (nSPS) is 11.9. The minimum Gasteiger partial charge on any atom is -0.481 e. The van der Waals surface area contributed by atoms with Crippen molar-refractivity contribution in [3.05, 3.63) is 78.9 Å². The van der Waals surface area contributed by atoms with Gasteiger partial charge in [0.25, 0.3) is 15.9 Å². The summed E-state index contributed by atoms with van der Waals surface area (Å²) in [5.41, 5.74) is 0.406. The maximum atomic E-state index is 12.6. The lowest BCUT2D eigenvalue weighted by atomic mass is 10.3. The van der Waals surface area contributed by atoms with Gasteiger partial charge in [-0.05, 0) is 67.6 Å². The maximum absolute atomic E-state index is 12.6. The van der Waals surface area contributed by atoms with E-state index in [4.69, 9.17) is 9.47 Å². The number of amides is 1. The Kier molecular flexibility index (Phi) is 6.58. The molecule has 30 heavy (non-hydrogen) atoms. The lowest BCUT2D eigenvalue weighted by Gasteiger charge is -2.14. The molecule has 8 heteroatoms. The van der Waals surface area contributed by atoms with Gasteiger partial charge in [0, 0.05) is 12.7 Å². The van der Waals surface area contributed by atoms with Crippen molar-refractivity contribution in [1.29, 1.82) is 0 Å². The summed E-state index contributed by atoms with van der Waals surface area (Å²) >= 11 is 0. The number of anilines is 1. The van der Waals surface area contributed by atoms with Gasteiger partial charge < -0.3 is 14.8 Å². The zero-order chi connectivity index (χ0) is 21.6. The predicted molar refractivity (Wildman–Crippen MR) is 114 cm³/mol. The first-order valence-electron chi connectivity index (χ1n) is 9.21. The standard InChI is InChI=1S/C22H22N2O5S/c1-16(22(25)23-2)28-19-12-14-21(15-13-19)30(26,27)24-17-8-10-20(11-9-17)29-18-6-4-3-5-7-18/h3-16,24H,1-2H3,(H,23,25)/t16-/m0/s1. The molecule has 0 aromatic heterocycles. The first kappa shape index (κ1) is 21.2. The molecule has 0 fully saturated rings. The van der Waals surface area contributed by atoms with E-state index in [1.54, 1.807) is 31.2 Å².